The van der Waals surface area contributed by atoms with Gasteiger partial charge in [-0.3, -0.25) is 14.9 Å². The molecule has 0 aromatic heterocycles. The number of nitro benzene ring substituents is 1. The van der Waals surface area contributed by atoms with Crippen molar-refractivity contribution >= 4 is 39.9 Å². The Bertz CT molecular complexity index is 555. The van der Waals surface area contributed by atoms with Gasteiger partial charge in [-0.25, -0.2) is 0 Å². The first-order valence-electron chi connectivity index (χ1n) is 5.96. The summed E-state index contributed by atoms with van der Waals surface area (Å²) in [6.07, 6.45) is -2.50. The molecule has 1 rings (SSSR count). The normalized spacial score (nSPS) is 13.7. The minimum absolute atomic E-state index is 0.00507. The van der Waals surface area contributed by atoms with Gasteiger partial charge in [-0.05, 0) is 12.5 Å². The Labute approximate surface area is 130 Å². The Kier molecular flexibility index (Phi) is 6.41. The van der Waals surface area contributed by atoms with E-state index in [2.05, 4.69) is 0 Å². The van der Waals surface area contributed by atoms with Crippen molar-refractivity contribution in [1.29, 1.82) is 0 Å². The monoisotopic (exact) mass is 334 g/mol. The highest BCUT2D eigenvalue weighted by Crippen LogP contribution is 2.35. The van der Waals surface area contributed by atoms with E-state index in [4.69, 9.17) is 17.3 Å². The van der Waals surface area contributed by atoms with Crippen LogP contribution in [0.1, 0.15) is 25.0 Å². The van der Waals surface area contributed by atoms with Gasteiger partial charge in [0.25, 0.3) is 5.69 Å². The Morgan fingerprint density at radius 1 is 1.52 bits per heavy atom. The third kappa shape index (κ3) is 4.85. The molecule has 1 aromatic rings. The van der Waals surface area contributed by atoms with E-state index in [1.165, 1.54) is 13.0 Å². The fourth-order valence-corrected chi connectivity index (χ4v) is 2.58. The molecule has 0 aliphatic rings. The Hall–Kier alpha value is -1.35. The molecule has 0 heterocycles. The number of hydrogen-bond donors (Lipinski definition) is 3. The average Bonchev–Trinajstić information content (AvgIpc) is 2.39. The largest absolute Gasteiger partial charge is 0.393 e. The molecule has 9 heteroatoms. The molecule has 0 bridgehead atoms. The van der Waals surface area contributed by atoms with Gasteiger partial charge in [0, 0.05) is 29.3 Å². The van der Waals surface area contributed by atoms with Gasteiger partial charge < -0.3 is 15.9 Å². The van der Waals surface area contributed by atoms with E-state index in [-0.39, 0.29) is 27.8 Å². The number of anilines is 1. The van der Waals surface area contributed by atoms with Crippen LogP contribution in [-0.4, -0.2) is 32.1 Å². The number of benzene rings is 1. The first-order valence-corrected chi connectivity index (χ1v) is 7.33. The first kappa shape index (κ1) is 17.7. The van der Waals surface area contributed by atoms with Crippen molar-refractivity contribution in [3.05, 3.63) is 32.8 Å². The number of halogens is 1. The second-order valence-electron chi connectivity index (χ2n) is 4.33. The zero-order valence-corrected chi connectivity index (χ0v) is 12.7. The molecular formula is C12H15ClN2O5S. The van der Waals surface area contributed by atoms with Crippen LogP contribution in [0.4, 0.5) is 11.4 Å². The molecule has 2 atom stereocenters. The van der Waals surface area contributed by atoms with Crippen LogP contribution in [0, 0.1) is 10.1 Å². The number of thioether (sulfide) groups is 1. The second-order valence-corrected chi connectivity index (χ2v) is 6.03. The Morgan fingerprint density at radius 3 is 2.67 bits per heavy atom. The number of rotatable bonds is 6. The summed E-state index contributed by atoms with van der Waals surface area (Å²) in [5, 5.41) is 30.7. The molecule has 116 valence electrons. The Morgan fingerprint density at radius 2 is 2.14 bits per heavy atom. The van der Waals surface area contributed by atoms with E-state index in [9.17, 15) is 25.1 Å². The smallest absolute Gasteiger partial charge is 0.293 e. The van der Waals surface area contributed by atoms with Gasteiger partial charge in [-0.1, -0.05) is 23.4 Å². The summed E-state index contributed by atoms with van der Waals surface area (Å²) >= 11 is 6.77. The van der Waals surface area contributed by atoms with E-state index >= 15 is 0 Å². The van der Waals surface area contributed by atoms with Crippen LogP contribution in [0.15, 0.2) is 12.1 Å². The molecule has 0 saturated carbocycles. The molecule has 4 N–H and O–H groups in total. The van der Waals surface area contributed by atoms with Gasteiger partial charge in [0.15, 0.2) is 5.12 Å². The zero-order chi connectivity index (χ0) is 16.2. The minimum Gasteiger partial charge on any atom is -0.393 e. The van der Waals surface area contributed by atoms with Gasteiger partial charge >= 0.3 is 0 Å². The number of nitro groups is 1. The molecular weight excluding hydrogens is 320 g/mol. The van der Waals surface area contributed by atoms with Crippen molar-refractivity contribution in [1.82, 2.24) is 0 Å². The lowest BCUT2D eigenvalue weighted by Crippen LogP contribution is -2.20. The number of nitrogens with zero attached hydrogens (tertiary/aromatic N) is 1. The number of aliphatic hydroxyl groups is 2. The van der Waals surface area contributed by atoms with Crippen LogP contribution in [-0.2, 0) is 4.79 Å². The van der Waals surface area contributed by atoms with Crippen molar-refractivity contribution in [3.8, 4) is 0 Å². The molecule has 0 amide bonds. The Balaban J connectivity index is 2.93. The summed E-state index contributed by atoms with van der Waals surface area (Å²) in [7, 11) is 0. The maximum Gasteiger partial charge on any atom is 0.293 e. The van der Waals surface area contributed by atoms with E-state index in [0.29, 0.717) is 5.75 Å². The summed E-state index contributed by atoms with van der Waals surface area (Å²) in [4.78, 5) is 20.9. The van der Waals surface area contributed by atoms with Crippen LogP contribution in [0.3, 0.4) is 0 Å². The van der Waals surface area contributed by atoms with E-state index < -0.39 is 22.8 Å². The van der Waals surface area contributed by atoms with Crippen molar-refractivity contribution in [2.45, 2.75) is 25.6 Å². The predicted octanol–water partition coefficient (Wildman–Crippen LogP) is 1.89. The molecule has 1 aromatic carbocycles. The van der Waals surface area contributed by atoms with Crippen molar-refractivity contribution in [2.75, 3.05) is 11.5 Å². The number of carbonyl (C=O) groups is 1. The molecule has 0 fully saturated rings. The predicted molar refractivity (Wildman–Crippen MR) is 81.2 cm³/mol. The fraction of sp³-hybridized carbons (Fsp3) is 0.417. The molecule has 21 heavy (non-hydrogen) atoms. The second kappa shape index (κ2) is 7.60. The molecule has 0 spiro atoms. The van der Waals surface area contributed by atoms with Gasteiger partial charge in [0.05, 0.1) is 11.0 Å². The van der Waals surface area contributed by atoms with Gasteiger partial charge in [0.2, 0.25) is 0 Å². The first-order chi connectivity index (χ1) is 9.73. The maximum atomic E-state index is 10.8. The summed E-state index contributed by atoms with van der Waals surface area (Å²) in [6, 6.07) is 2.35. The molecule has 0 saturated heterocycles. The summed E-state index contributed by atoms with van der Waals surface area (Å²) in [5.74, 6) is 0.316. The lowest BCUT2D eigenvalue weighted by molar-refractivity contribution is -0.384. The number of carbonyl (C=O) groups excluding carboxylic acids is 1. The number of aliphatic hydroxyl groups excluding tert-OH is 2. The van der Waals surface area contributed by atoms with Crippen LogP contribution < -0.4 is 5.73 Å². The van der Waals surface area contributed by atoms with Crippen molar-refractivity contribution in [2.24, 2.45) is 0 Å². The third-order valence-electron chi connectivity index (χ3n) is 2.75. The topological polar surface area (TPSA) is 127 Å². The highest BCUT2D eigenvalue weighted by molar-refractivity contribution is 8.13. The quantitative estimate of drug-likeness (QED) is 0.412. The number of hydrogen-bond acceptors (Lipinski definition) is 7. The van der Waals surface area contributed by atoms with E-state index in [0.717, 1.165) is 17.8 Å². The minimum atomic E-state index is -1.42. The summed E-state index contributed by atoms with van der Waals surface area (Å²) < 4.78 is 0. The average molecular weight is 335 g/mol. The fourth-order valence-electron chi connectivity index (χ4n) is 1.71. The number of nitrogen functional groups attached to an aromatic ring is 1. The number of nitrogens with two attached hydrogens (primary N) is 1. The van der Waals surface area contributed by atoms with E-state index in [1.54, 1.807) is 0 Å². The van der Waals surface area contributed by atoms with E-state index in [1.807, 2.05) is 0 Å². The highest BCUT2D eigenvalue weighted by Gasteiger charge is 2.26. The van der Waals surface area contributed by atoms with Crippen LogP contribution >= 0.6 is 23.4 Å². The van der Waals surface area contributed by atoms with Gasteiger partial charge in [-0.2, -0.15) is 0 Å². The van der Waals surface area contributed by atoms with Crippen molar-refractivity contribution < 1.29 is 19.9 Å². The highest BCUT2D eigenvalue weighted by atomic mass is 35.5. The molecule has 0 aliphatic heterocycles. The molecule has 0 aliphatic carbocycles. The molecule has 0 radical (unpaired) electrons. The lowest BCUT2D eigenvalue weighted by atomic mass is 10.00. The van der Waals surface area contributed by atoms with Crippen molar-refractivity contribution in [3.63, 3.8) is 0 Å². The maximum absolute atomic E-state index is 10.8. The third-order valence-corrected chi connectivity index (χ3v) is 3.82. The molecule has 7 nitrogen and oxygen atoms in total. The molecule has 2 unspecified atom stereocenters. The SMILES string of the molecule is CC(=O)SCCC(O)C(O)c1cc(Cl)cc([N+](=O)[O-])c1N. The van der Waals surface area contributed by atoms with Gasteiger partial charge in [0.1, 0.15) is 11.8 Å². The van der Waals surface area contributed by atoms with Crippen LogP contribution in [0.2, 0.25) is 5.02 Å². The lowest BCUT2D eigenvalue weighted by Gasteiger charge is -2.19. The summed E-state index contributed by atoms with van der Waals surface area (Å²) in [5.41, 5.74) is 4.96. The zero-order valence-electron chi connectivity index (χ0n) is 11.2. The summed E-state index contributed by atoms with van der Waals surface area (Å²) in [6.45, 7) is 1.39. The van der Waals surface area contributed by atoms with Crippen LogP contribution in [0.5, 0.6) is 0 Å². The van der Waals surface area contributed by atoms with Gasteiger partial charge in [-0.15, -0.1) is 0 Å². The van der Waals surface area contributed by atoms with Crippen LogP contribution in [0.25, 0.3) is 0 Å². The standard InChI is InChI=1S/C12H15ClN2O5S/c1-6(16)21-3-2-10(17)12(18)8-4-7(13)5-9(11(8)14)15(19)20/h4-5,10,12,17-18H,2-3,14H2,1H3.